The summed E-state index contributed by atoms with van der Waals surface area (Å²) in [4.78, 5) is 0. The van der Waals surface area contributed by atoms with E-state index >= 15 is 0 Å². The van der Waals surface area contributed by atoms with Crippen LogP contribution in [0.25, 0.3) is 0 Å². The molecule has 0 unspecified atom stereocenters. The Morgan fingerprint density at radius 2 is 2.00 bits per heavy atom. The van der Waals surface area contributed by atoms with E-state index in [9.17, 15) is 0 Å². The van der Waals surface area contributed by atoms with Crippen LogP contribution in [-0.4, -0.2) is 19.4 Å². The first kappa shape index (κ1) is 9.22. The SMILES string of the molecule is COC(C)(OC)c1conc1C. The molecule has 1 rings (SSSR count). The molecule has 0 aliphatic carbocycles. The lowest BCUT2D eigenvalue weighted by Crippen LogP contribution is -2.26. The highest BCUT2D eigenvalue weighted by atomic mass is 16.7. The van der Waals surface area contributed by atoms with E-state index in [1.165, 1.54) is 6.26 Å². The highest BCUT2D eigenvalue weighted by Crippen LogP contribution is 2.27. The van der Waals surface area contributed by atoms with Gasteiger partial charge in [0.05, 0.1) is 11.3 Å². The van der Waals surface area contributed by atoms with Crippen LogP contribution in [0.5, 0.6) is 0 Å². The average Bonchev–Trinajstić information content (AvgIpc) is 2.51. The third-order valence-electron chi connectivity index (χ3n) is 2.02. The van der Waals surface area contributed by atoms with Crippen LogP contribution in [0.4, 0.5) is 0 Å². The van der Waals surface area contributed by atoms with Gasteiger partial charge in [0.25, 0.3) is 0 Å². The number of aryl methyl sites for hydroxylation is 1. The van der Waals surface area contributed by atoms with E-state index in [1.807, 2.05) is 13.8 Å². The summed E-state index contributed by atoms with van der Waals surface area (Å²) in [6.07, 6.45) is 1.53. The molecule has 0 N–H and O–H groups in total. The Morgan fingerprint density at radius 1 is 1.42 bits per heavy atom. The second-order valence-electron chi connectivity index (χ2n) is 2.67. The van der Waals surface area contributed by atoms with Crippen LogP contribution in [0.3, 0.4) is 0 Å². The van der Waals surface area contributed by atoms with Crippen molar-refractivity contribution in [2.45, 2.75) is 19.6 Å². The fourth-order valence-electron chi connectivity index (χ4n) is 1.03. The summed E-state index contributed by atoms with van der Waals surface area (Å²) in [5.41, 5.74) is 1.59. The van der Waals surface area contributed by atoms with Crippen LogP contribution in [0, 0.1) is 6.92 Å². The predicted molar refractivity (Wildman–Crippen MR) is 42.6 cm³/mol. The molecule has 0 amide bonds. The summed E-state index contributed by atoms with van der Waals surface area (Å²) < 4.78 is 15.2. The zero-order valence-electron chi connectivity index (χ0n) is 7.75. The van der Waals surface area contributed by atoms with Gasteiger partial charge in [-0.3, -0.25) is 0 Å². The number of aromatic nitrogens is 1. The standard InChI is InChI=1S/C8H13NO3/c1-6-7(5-12-9-6)8(2,10-3)11-4/h5H,1-4H3. The van der Waals surface area contributed by atoms with Crippen LogP contribution in [-0.2, 0) is 15.3 Å². The van der Waals surface area contributed by atoms with Gasteiger partial charge in [-0.2, -0.15) is 0 Å². The van der Waals surface area contributed by atoms with Crippen molar-refractivity contribution >= 4 is 0 Å². The Bertz CT molecular complexity index is 253. The highest BCUT2D eigenvalue weighted by molar-refractivity contribution is 5.18. The maximum Gasteiger partial charge on any atom is 0.196 e. The van der Waals surface area contributed by atoms with Crippen LogP contribution in [0.2, 0.25) is 0 Å². The molecule has 0 bridgehead atoms. The second-order valence-corrected chi connectivity index (χ2v) is 2.67. The van der Waals surface area contributed by atoms with Crippen molar-refractivity contribution in [2.24, 2.45) is 0 Å². The Balaban J connectivity index is 3.02. The largest absolute Gasteiger partial charge is 0.364 e. The molecule has 0 aliphatic heterocycles. The predicted octanol–water partition coefficient (Wildman–Crippen LogP) is 1.45. The van der Waals surface area contributed by atoms with E-state index in [0.29, 0.717) is 0 Å². The van der Waals surface area contributed by atoms with Crippen molar-refractivity contribution < 1.29 is 14.0 Å². The lowest BCUT2D eigenvalue weighted by atomic mass is 10.1. The van der Waals surface area contributed by atoms with E-state index in [4.69, 9.17) is 14.0 Å². The summed E-state index contributed by atoms with van der Waals surface area (Å²) in [5, 5.41) is 3.74. The molecule has 68 valence electrons. The molecular formula is C8H13NO3. The molecule has 0 spiro atoms. The fraction of sp³-hybridized carbons (Fsp3) is 0.625. The lowest BCUT2D eigenvalue weighted by Gasteiger charge is -2.24. The molecular weight excluding hydrogens is 158 g/mol. The zero-order chi connectivity index (χ0) is 9.19. The normalized spacial score (nSPS) is 12.0. The Kier molecular flexibility index (Phi) is 2.49. The number of hydrogen-bond donors (Lipinski definition) is 0. The van der Waals surface area contributed by atoms with Gasteiger partial charge in [0.15, 0.2) is 5.79 Å². The minimum Gasteiger partial charge on any atom is -0.364 e. The topological polar surface area (TPSA) is 44.5 Å². The molecule has 1 aromatic heterocycles. The molecule has 12 heavy (non-hydrogen) atoms. The van der Waals surface area contributed by atoms with Gasteiger partial charge >= 0.3 is 0 Å². The van der Waals surface area contributed by atoms with E-state index in [2.05, 4.69) is 5.16 Å². The second kappa shape index (κ2) is 3.25. The molecule has 4 nitrogen and oxygen atoms in total. The summed E-state index contributed by atoms with van der Waals surface area (Å²) >= 11 is 0. The molecule has 0 saturated heterocycles. The first-order valence-corrected chi connectivity index (χ1v) is 3.66. The molecule has 0 saturated carbocycles. The van der Waals surface area contributed by atoms with Crippen LogP contribution >= 0.6 is 0 Å². The van der Waals surface area contributed by atoms with Crippen molar-refractivity contribution in [1.82, 2.24) is 5.16 Å². The molecule has 1 heterocycles. The lowest BCUT2D eigenvalue weighted by molar-refractivity contribution is -0.202. The molecule has 0 aromatic carbocycles. The van der Waals surface area contributed by atoms with Crippen molar-refractivity contribution in [1.29, 1.82) is 0 Å². The van der Waals surface area contributed by atoms with Gasteiger partial charge in [-0.15, -0.1) is 0 Å². The number of hydrogen-bond acceptors (Lipinski definition) is 4. The monoisotopic (exact) mass is 171 g/mol. The molecule has 0 radical (unpaired) electrons. The van der Waals surface area contributed by atoms with Gasteiger partial charge in [0.1, 0.15) is 6.26 Å². The molecule has 0 aliphatic rings. The van der Waals surface area contributed by atoms with E-state index in [1.54, 1.807) is 14.2 Å². The maximum atomic E-state index is 5.19. The van der Waals surface area contributed by atoms with Crippen molar-refractivity contribution in [3.63, 3.8) is 0 Å². The van der Waals surface area contributed by atoms with Gasteiger partial charge in [-0.05, 0) is 13.8 Å². The van der Waals surface area contributed by atoms with E-state index < -0.39 is 5.79 Å². The summed E-state index contributed by atoms with van der Waals surface area (Å²) in [5.74, 6) is -0.760. The maximum absolute atomic E-state index is 5.19. The van der Waals surface area contributed by atoms with Gasteiger partial charge in [0.2, 0.25) is 0 Å². The summed E-state index contributed by atoms with van der Waals surface area (Å²) in [7, 11) is 3.16. The third-order valence-corrected chi connectivity index (χ3v) is 2.02. The minimum absolute atomic E-state index is 0.760. The molecule has 4 heteroatoms. The van der Waals surface area contributed by atoms with Gasteiger partial charge in [0, 0.05) is 14.2 Å². The number of rotatable bonds is 3. The smallest absolute Gasteiger partial charge is 0.196 e. The zero-order valence-corrected chi connectivity index (χ0v) is 7.75. The first-order valence-electron chi connectivity index (χ1n) is 3.66. The van der Waals surface area contributed by atoms with Crippen molar-refractivity contribution in [3.8, 4) is 0 Å². The van der Waals surface area contributed by atoms with Crippen molar-refractivity contribution in [2.75, 3.05) is 14.2 Å². The van der Waals surface area contributed by atoms with E-state index in [-0.39, 0.29) is 0 Å². The Hall–Kier alpha value is -0.870. The van der Waals surface area contributed by atoms with Gasteiger partial charge in [-0.25, -0.2) is 0 Å². The number of ether oxygens (including phenoxy) is 2. The van der Waals surface area contributed by atoms with Gasteiger partial charge < -0.3 is 14.0 Å². The Morgan fingerprint density at radius 3 is 2.33 bits per heavy atom. The van der Waals surface area contributed by atoms with Crippen LogP contribution in [0.15, 0.2) is 10.8 Å². The van der Waals surface area contributed by atoms with E-state index in [0.717, 1.165) is 11.3 Å². The van der Waals surface area contributed by atoms with Gasteiger partial charge in [-0.1, -0.05) is 5.16 Å². The quantitative estimate of drug-likeness (QED) is 0.645. The minimum atomic E-state index is -0.760. The summed E-state index contributed by atoms with van der Waals surface area (Å²) in [6, 6.07) is 0. The molecule has 1 aromatic rings. The first-order chi connectivity index (χ1) is 5.64. The average molecular weight is 171 g/mol. The van der Waals surface area contributed by atoms with Crippen LogP contribution < -0.4 is 0 Å². The Labute approximate surface area is 71.4 Å². The van der Waals surface area contributed by atoms with Crippen molar-refractivity contribution in [3.05, 3.63) is 17.5 Å². The summed E-state index contributed by atoms with van der Waals surface area (Å²) in [6.45, 7) is 3.65. The highest BCUT2D eigenvalue weighted by Gasteiger charge is 2.29. The van der Waals surface area contributed by atoms with Crippen LogP contribution in [0.1, 0.15) is 18.2 Å². The number of nitrogens with zero attached hydrogens (tertiary/aromatic N) is 1. The number of methoxy groups -OCH3 is 2. The molecule has 0 atom stereocenters. The fourth-order valence-corrected chi connectivity index (χ4v) is 1.03. The molecule has 0 fully saturated rings. The third kappa shape index (κ3) is 1.35.